The molecule has 124 valence electrons. The second-order valence-corrected chi connectivity index (χ2v) is 5.57. The number of fused-ring (bicyclic) bond motifs is 1. The number of hydrogen-bond donors (Lipinski definition) is 2. The lowest BCUT2D eigenvalue weighted by Crippen LogP contribution is -2.16. The number of ether oxygens (including phenoxy) is 1. The van der Waals surface area contributed by atoms with Gasteiger partial charge in [0.1, 0.15) is 11.5 Å². The van der Waals surface area contributed by atoms with Crippen LogP contribution in [-0.2, 0) is 0 Å². The van der Waals surface area contributed by atoms with Crippen LogP contribution in [0, 0.1) is 0 Å². The molecule has 1 aromatic heterocycles. The summed E-state index contributed by atoms with van der Waals surface area (Å²) >= 11 is 0. The molecule has 2 N–H and O–H groups in total. The summed E-state index contributed by atoms with van der Waals surface area (Å²) in [5, 5.41) is 18.8. The Labute approximate surface area is 142 Å². The van der Waals surface area contributed by atoms with Gasteiger partial charge < -0.3 is 9.84 Å². The van der Waals surface area contributed by atoms with Gasteiger partial charge in [0, 0.05) is 5.39 Å². The first-order valence-electron chi connectivity index (χ1n) is 7.72. The molecule has 0 aliphatic heterocycles. The average molecular weight is 333 g/mol. The van der Waals surface area contributed by atoms with Crippen LogP contribution in [0.3, 0.4) is 0 Å². The van der Waals surface area contributed by atoms with Crippen LogP contribution in [0.1, 0.15) is 0 Å². The highest BCUT2D eigenvalue weighted by atomic mass is 16.5. The summed E-state index contributed by atoms with van der Waals surface area (Å²) in [6, 6.07) is 18.3. The second kappa shape index (κ2) is 5.83. The lowest BCUT2D eigenvalue weighted by Gasteiger charge is -2.11. The summed E-state index contributed by atoms with van der Waals surface area (Å²) in [5.41, 5.74) is 0.716. The predicted octanol–water partition coefficient (Wildman–Crippen LogP) is 3.10. The molecule has 0 radical (unpaired) electrons. The number of aromatic hydroxyl groups is 1. The smallest absolute Gasteiger partial charge is 0.348 e. The van der Waals surface area contributed by atoms with Crippen LogP contribution >= 0.6 is 0 Å². The van der Waals surface area contributed by atoms with Gasteiger partial charge in [-0.1, -0.05) is 36.4 Å². The van der Waals surface area contributed by atoms with E-state index >= 15 is 0 Å². The number of phenols is 1. The first-order chi connectivity index (χ1) is 12.2. The Balaban J connectivity index is 2.02. The number of methoxy groups -OCH3 is 1. The van der Waals surface area contributed by atoms with Gasteiger partial charge in [-0.3, -0.25) is 0 Å². The van der Waals surface area contributed by atoms with Crippen molar-refractivity contribution in [1.82, 2.24) is 14.8 Å². The Hall–Kier alpha value is -3.54. The fourth-order valence-corrected chi connectivity index (χ4v) is 2.93. The maximum Gasteiger partial charge on any atom is 0.348 e. The summed E-state index contributed by atoms with van der Waals surface area (Å²) in [6.07, 6.45) is 0. The zero-order valence-corrected chi connectivity index (χ0v) is 13.4. The number of phenolic OH excluding ortho intramolecular Hbond substituents is 1. The Morgan fingerprint density at radius 1 is 1.08 bits per heavy atom. The molecule has 0 aliphatic carbocycles. The molecule has 0 amide bonds. The molecule has 0 aliphatic rings. The molecule has 0 unspecified atom stereocenters. The number of aromatic nitrogens is 3. The Bertz CT molecular complexity index is 1120. The third-order valence-electron chi connectivity index (χ3n) is 4.12. The molecule has 6 heteroatoms. The minimum atomic E-state index is -0.381. The highest BCUT2D eigenvalue weighted by Gasteiger charge is 2.18. The lowest BCUT2D eigenvalue weighted by atomic mass is 10.1. The quantitative estimate of drug-likeness (QED) is 0.604. The van der Waals surface area contributed by atoms with Crippen molar-refractivity contribution in [3.8, 4) is 28.6 Å². The minimum Gasteiger partial charge on any atom is -0.507 e. The Kier molecular flexibility index (Phi) is 3.50. The van der Waals surface area contributed by atoms with Crippen molar-refractivity contribution in [2.24, 2.45) is 0 Å². The molecule has 0 atom stereocenters. The Morgan fingerprint density at radius 3 is 2.72 bits per heavy atom. The Morgan fingerprint density at radius 2 is 1.88 bits per heavy atom. The number of rotatable bonds is 3. The summed E-state index contributed by atoms with van der Waals surface area (Å²) in [6.45, 7) is 0. The van der Waals surface area contributed by atoms with Gasteiger partial charge in [-0.15, -0.1) is 0 Å². The zero-order chi connectivity index (χ0) is 17.4. The van der Waals surface area contributed by atoms with Crippen molar-refractivity contribution in [2.75, 3.05) is 7.11 Å². The van der Waals surface area contributed by atoms with Gasteiger partial charge >= 0.3 is 5.69 Å². The molecule has 0 saturated heterocycles. The predicted molar refractivity (Wildman–Crippen MR) is 95.3 cm³/mol. The van der Waals surface area contributed by atoms with E-state index < -0.39 is 0 Å². The van der Waals surface area contributed by atoms with Gasteiger partial charge in [0.25, 0.3) is 0 Å². The number of nitrogens with zero attached hydrogens (tertiary/aromatic N) is 2. The first kappa shape index (κ1) is 15.0. The second-order valence-electron chi connectivity index (χ2n) is 5.57. The van der Waals surface area contributed by atoms with Crippen LogP contribution in [0.2, 0.25) is 0 Å². The van der Waals surface area contributed by atoms with Crippen LogP contribution in [0.5, 0.6) is 11.5 Å². The monoisotopic (exact) mass is 333 g/mol. The van der Waals surface area contributed by atoms with Crippen molar-refractivity contribution in [2.45, 2.75) is 0 Å². The zero-order valence-electron chi connectivity index (χ0n) is 13.4. The minimum absolute atomic E-state index is 0.0151. The van der Waals surface area contributed by atoms with E-state index in [2.05, 4.69) is 10.2 Å². The number of H-pyrrole nitrogens is 1. The highest BCUT2D eigenvalue weighted by Crippen LogP contribution is 2.33. The van der Waals surface area contributed by atoms with E-state index in [0.29, 0.717) is 22.8 Å². The fraction of sp³-hybridized carbons (Fsp3) is 0.0526. The molecular weight excluding hydrogens is 318 g/mol. The molecular formula is C19H15N3O3. The molecule has 3 aromatic carbocycles. The van der Waals surface area contributed by atoms with Gasteiger partial charge in [0.15, 0.2) is 5.82 Å². The van der Waals surface area contributed by atoms with Crippen LogP contribution in [0.4, 0.5) is 0 Å². The summed E-state index contributed by atoms with van der Waals surface area (Å²) in [4.78, 5) is 12.5. The number of benzene rings is 3. The normalized spacial score (nSPS) is 10.9. The molecule has 4 aromatic rings. The van der Waals surface area contributed by atoms with Crippen molar-refractivity contribution >= 4 is 10.8 Å². The van der Waals surface area contributed by atoms with Gasteiger partial charge in [-0.05, 0) is 29.7 Å². The molecule has 0 saturated carbocycles. The van der Waals surface area contributed by atoms with Gasteiger partial charge in [0.05, 0.1) is 18.4 Å². The van der Waals surface area contributed by atoms with Gasteiger partial charge in [-0.25, -0.2) is 14.5 Å². The molecule has 1 heterocycles. The van der Waals surface area contributed by atoms with Crippen LogP contribution in [0.15, 0.2) is 65.5 Å². The largest absolute Gasteiger partial charge is 0.507 e. The third-order valence-corrected chi connectivity index (χ3v) is 4.12. The summed E-state index contributed by atoms with van der Waals surface area (Å²) in [5.74, 6) is 0.895. The molecule has 25 heavy (non-hydrogen) atoms. The maximum atomic E-state index is 12.5. The molecule has 6 nitrogen and oxygen atoms in total. The first-order valence-corrected chi connectivity index (χ1v) is 7.72. The van der Waals surface area contributed by atoms with E-state index in [1.807, 2.05) is 42.5 Å². The summed E-state index contributed by atoms with van der Waals surface area (Å²) < 4.78 is 6.67. The van der Waals surface area contributed by atoms with Crippen LogP contribution < -0.4 is 10.4 Å². The van der Waals surface area contributed by atoms with Gasteiger partial charge in [0.2, 0.25) is 0 Å². The standard InChI is InChI=1S/C19H15N3O3/c1-25-13-9-10-17(23)15(11-13)18-20-21-19(24)22(18)16-8-4-6-12-5-2-3-7-14(12)16/h2-11,23H,1H3,(H,21,24). The number of nitrogens with one attached hydrogen (secondary N) is 1. The van der Waals surface area contributed by atoms with Crippen LogP contribution in [0.25, 0.3) is 27.8 Å². The summed E-state index contributed by atoms with van der Waals surface area (Å²) in [7, 11) is 1.54. The SMILES string of the molecule is COc1ccc(O)c(-c2n[nH]c(=O)n2-c2cccc3ccccc23)c1. The third kappa shape index (κ3) is 2.44. The van der Waals surface area contributed by atoms with Crippen molar-refractivity contribution < 1.29 is 9.84 Å². The van der Waals surface area contributed by atoms with Crippen LogP contribution in [-0.4, -0.2) is 27.0 Å². The lowest BCUT2D eigenvalue weighted by molar-refractivity contribution is 0.412. The molecule has 0 bridgehead atoms. The topological polar surface area (TPSA) is 80.1 Å². The number of aromatic amines is 1. The maximum absolute atomic E-state index is 12.5. The van der Waals surface area contributed by atoms with Crippen molar-refractivity contribution in [3.63, 3.8) is 0 Å². The van der Waals surface area contributed by atoms with E-state index in [4.69, 9.17) is 4.74 Å². The van der Waals surface area contributed by atoms with E-state index in [1.54, 1.807) is 19.2 Å². The highest BCUT2D eigenvalue weighted by molar-refractivity contribution is 5.90. The van der Waals surface area contributed by atoms with E-state index in [9.17, 15) is 9.90 Å². The van der Waals surface area contributed by atoms with Crippen molar-refractivity contribution in [3.05, 3.63) is 71.1 Å². The average Bonchev–Trinajstić information content (AvgIpc) is 3.03. The molecule has 0 fully saturated rings. The van der Waals surface area contributed by atoms with E-state index in [1.165, 1.54) is 10.6 Å². The number of hydrogen-bond acceptors (Lipinski definition) is 4. The van der Waals surface area contributed by atoms with E-state index in [0.717, 1.165) is 10.8 Å². The fourth-order valence-electron chi connectivity index (χ4n) is 2.93. The van der Waals surface area contributed by atoms with Crippen molar-refractivity contribution in [1.29, 1.82) is 0 Å². The molecule has 0 spiro atoms. The molecule has 4 rings (SSSR count). The van der Waals surface area contributed by atoms with E-state index in [-0.39, 0.29) is 11.4 Å². The van der Waals surface area contributed by atoms with Gasteiger partial charge in [-0.2, -0.15) is 5.10 Å².